The number of ether oxygens (including phenoxy) is 1. The molecule has 2 unspecified atom stereocenters. The summed E-state index contributed by atoms with van der Waals surface area (Å²) in [4.78, 5) is 28.2. The molecule has 1 aliphatic heterocycles. The second kappa shape index (κ2) is 10.9. The van der Waals surface area contributed by atoms with Crippen molar-refractivity contribution < 1.29 is 19.4 Å². The highest BCUT2D eigenvalue weighted by Gasteiger charge is 2.36. The largest absolute Gasteiger partial charge is 0.444 e. The van der Waals surface area contributed by atoms with Crippen molar-refractivity contribution in [3.8, 4) is 0 Å². The number of hydrogen-bond donors (Lipinski definition) is 5. The number of amides is 2. The molecule has 2 atom stereocenters. The van der Waals surface area contributed by atoms with Gasteiger partial charge >= 0.3 is 6.09 Å². The molecule has 2 aromatic rings. The van der Waals surface area contributed by atoms with Crippen LogP contribution in [-0.2, 0) is 16.1 Å². The summed E-state index contributed by atoms with van der Waals surface area (Å²) in [5, 5.41) is 21.1. The zero-order valence-electron chi connectivity index (χ0n) is 22.6. The summed E-state index contributed by atoms with van der Waals surface area (Å²) < 4.78 is 5.35. The van der Waals surface area contributed by atoms with Crippen LogP contribution in [-0.4, -0.2) is 46.9 Å². The van der Waals surface area contributed by atoms with E-state index in [0.717, 1.165) is 60.0 Å². The Labute approximate surface area is 224 Å². The van der Waals surface area contributed by atoms with Gasteiger partial charge in [0.2, 0.25) is 0 Å². The van der Waals surface area contributed by atoms with Gasteiger partial charge in [0.15, 0.2) is 0 Å². The standard InChI is InChI=1S/C30H40N4O4/c1-30(2,3)38-29(37)32-16-19-10-8-18(9-11-19)15-31-17-25-26(22-6-4-5-7-24(22)33-25)27-23-14-20(35)12-13-21(23)28(36)34-27/h4-7,12-13,18-20,27,31,33,35H,8-11,14-17H2,1-3H3,(H,32,37)(H,34,36). The number of fused-ring (bicyclic) bond motifs is 1. The summed E-state index contributed by atoms with van der Waals surface area (Å²) in [6, 6.07) is 7.96. The highest BCUT2D eigenvalue weighted by molar-refractivity contribution is 6.02. The number of H-pyrrole nitrogens is 1. The van der Waals surface area contributed by atoms with Gasteiger partial charge in [0.05, 0.1) is 12.1 Å². The summed E-state index contributed by atoms with van der Waals surface area (Å²) >= 11 is 0. The van der Waals surface area contributed by atoms with Gasteiger partial charge in [0.25, 0.3) is 5.91 Å². The van der Waals surface area contributed by atoms with Crippen LogP contribution in [0.5, 0.6) is 0 Å². The summed E-state index contributed by atoms with van der Waals surface area (Å²) in [7, 11) is 0. The fraction of sp³-hybridized carbons (Fsp3) is 0.533. The third-order valence-corrected chi connectivity index (χ3v) is 7.88. The minimum atomic E-state index is -0.565. The molecule has 8 nitrogen and oxygen atoms in total. The molecule has 0 spiro atoms. The van der Waals surface area contributed by atoms with E-state index in [-0.39, 0.29) is 18.0 Å². The Hall–Kier alpha value is -3.10. The number of aliphatic hydroxyl groups excluding tert-OH is 1. The smallest absolute Gasteiger partial charge is 0.407 e. The molecule has 1 aromatic heterocycles. The van der Waals surface area contributed by atoms with Crippen molar-refractivity contribution in [3.63, 3.8) is 0 Å². The van der Waals surface area contributed by atoms with Crippen LogP contribution in [0.25, 0.3) is 10.9 Å². The molecule has 5 N–H and O–H groups in total. The van der Waals surface area contributed by atoms with E-state index in [1.54, 1.807) is 12.2 Å². The van der Waals surface area contributed by atoms with E-state index in [1.165, 1.54) is 0 Å². The highest BCUT2D eigenvalue weighted by atomic mass is 16.6. The fourth-order valence-electron chi connectivity index (χ4n) is 6.03. The maximum atomic E-state index is 12.7. The molecule has 0 radical (unpaired) electrons. The van der Waals surface area contributed by atoms with E-state index >= 15 is 0 Å². The Balaban J connectivity index is 1.18. The minimum absolute atomic E-state index is 0.0738. The van der Waals surface area contributed by atoms with Crippen molar-refractivity contribution in [2.45, 2.75) is 77.2 Å². The van der Waals surface area contributed by atoms with E-state index in [1.807, 2.05) is 32.9 Å². The lowest BCUT2D eigenvalue weighted by Gasteiger charge is -2.29. The zero-order chi connectivity index (χ0) is 26.9. The van der Waals surface area contributed by atoms with Crippen molar-refractivity contribution in [3.05, 3.63) is 58.8 Å². The van der Waals surface area contributed by atoms with Crippen molar-refractivity contribution in [1.82, 2.24) is 20.9 Å². The first-order valence-corrected chi connectivity index (χ1v) is 13.8. The van der Waals surface area contributed by atoms with E-state index in [4.69, 9.17) is 4.74 Å². The molecule has 5 rings (SSSR count). The Bertz CT molecular complexity index is 1250. The third kappa shape index (κ3) is 5.97. The summed E-state index contributed by atoms with van der Waals surface area (Å²) in [5.41, 5.74) is 4.38. The van der Waals surface area contributed by atoms with Gasteiger partial charge in [-0.15, -0.1) is 0 Å². The SMILES string of the molecule is CC(C)(C)OC(=O)NCC1CCC(CNCc2[nH]c3ccccc3c2C2NC(=O)C3=C2CC(O)C=C3)CC1. The van der Waals surface area contributed by atoms with Gasteiger partial charge in [-0.1, -0.05) is 30.4 Å². The van der Waals surface area contributed by atoms with Crippen molar-refractivity contribution in [1.29, 1.82) is 0 Å². The van der Waals surface area contributed by atoms with Gasteiger partial charge in [-0.2, -0.15) is 0 Å². The number of carbonyl (C=O) groups excluding carboxylic acids is 2. The summed E-state index contributed by atoms with van der Waals surface area (Å²) in [5.74, 6) is 1.02. The Morgan fingerprint density at radius 3 is 2.55 bits per heavy atom. The first-order valence-electron chi connectivity index (χ1n) is 13.8. The predicted octanol–water partition coefficient (Wildman–Crippen LogP) is 4.38. The fourth-order valence-corrected chi connectivity index (χ4v) is 6.03. The molecule has 38 heavy (non-hydrogen) atoms. The molecule has 2 aliphatic carbocycles. The Kier molecular flexibility index (Phi) is 7.63. The number of para-hydroxylation sites is 1. The number of aromatic amines is 1. The molecule has 0 bridgehead atoms. The molecule has 2 heterocycles. The van der Waals surface area contributed by atoms with Gasteiger partial charge in [-0.05, 0) is 76.5 Å². The molecule has 2 amide bonds. The number of rotatable bonds is 7. The topological polar surface area (TPSA) is 115 Å². The monoisotopic (exact) mass is 520 g/mol. The zero-order valence-corrected chi connectivity index (χ0v) is 22.6. The number of aliphatic hydroxyl groups is 1. The van der Waals surface area contributed by atoms with E-state index < -0.39 is 11.7 Å². The first-order chi connectivity index (χ1) is 18.2. The van der Waals surface area contributed by atoms with Gasteiger partial charge < -0.3 is 30.8 Å². The molecule has 8 heteroatoms. The van der Waals surface area contributed by atoms with Crippen LogP contribution >= 0.6 is 0 Å². The molecule has 1 fully saturated rings. The average Bonchev–Trinajstić information content (AvgIpc) is 3.39. The average molecular weight is 521 g/mol. The quantitative estimate of drug-likeness (QED) is 0.372. The van der Waals surface area contributed by atoms with Gasteiger partial charge in [-0.25, -0.2) is 4.79 Å². The van der Waals surface area contributed by atoms with Crippen molar-refractivity contribution in [2.75, 3.05) is 13.1 Å². The molecule has 1 aromatic carbocycles. The van der Waals surface area contributed by atoms with Crippen LogP contribution < -0.4 is 16.0 Å². The molecular formula is C30H40N4O4. The van der Waals surface area contributed by atoms with Crippen LogP contribution in [0.3, 0.4) is 0 Å². The van der Waals surface area contributed by atoms with E-state index in [9.17, 15) is 14.7 Å². The number of carbonyl (C=O) groups is 2. The minimum Gasteiger partial charge on any atom is -0.444 e. The highest BCUT2D eigenvalue weighted by Crippen LogP contribution is 2.40. The lowest BCUT2D eigenvalue weighted by atomic mass is 9.82. The molecule has 1 saturated carbocycles. The molecule has 204 valence electrons. The predicted molar refractivity (Wildman–Crippen MR) is 147 cm³/mol. The summed E-state index contributed by atoms with van der Waals surface area (Å²) in [6.07, 6.45) is 7.47. The van der Waals surface area contributed by atoms with Gasteiger partial charge in [0.1, 0.15) is 5.60 Å². The van der Waals surface area contributed by atoms with Gasteiger partial charge in [0, 0.05) is 47.2 Å². The Morgan fingerprint density at radius 1 is 1.11 bits per heavy atom. The van der Waals surface area contributed by atoms with E-state index in [0.29, 0.717) is 36.9 Å². The van der Waals surface area contributed by atoms with Gasteiger partial charge in [-0.3, -0.25) is 4.79 Å². The van der Waals surface area contributed by atoms with E-state index in [2.05, 4.69) is 33.1 Å². The number of aromatic nitrogens is 1. The third-order valence-electron chi connectivity index (χ3n) is 7.88. The van der Waals surface area contributed by atoms with Crippen molar-refractivity contribution in [2.24, 2.45) is 11.8 Å². The molecule has 3 aliphatic rings. The second-order valence-corrected chi connectivity index (χ2v) is 11.9. The maximum Gasteiger partial charge on any atom is 0.407 e. The molecular weight excluding hydrogens is 480 g/mol. The van der Waals surface area contributed by atoms with Crippen LogP contribution in [0.4, 0.5) is 4.79 Å². The number of nitrogens with one attached hydrogen (secondary N) is 4. The maximum absolute atomic E-state index is 12.7. The van der Waals surface area contributed by atoms with Crippen molar-refractivity contribution >= 4 is 22.9 Å². The summed E-state index contributed by atoms with van der Waals surface area (Å²) in [6.45, 7) is 7.89. The number of hydrogen-bond acceptors (Lipinski definition) is 5. The second-order valence-electron chi connectivity index (χ2n) is 11.9. The lowest BCUT2D eigenvalue weighted by Crippen LogP contribution is -2.36. The van der Waals surface area contributed by atoms with Crippen LogP contribution in [0.1, 0.15) is 70.2 Å². The molecule has 0 saturated heterocycles. The first kappa shape index (κ1) is 26.5. The Morgan fingerprint density at radius 2 is 1.82 bits per heavy atom. The number of alkyl carbamates (subject to hydrolysis) is 1. The lowest BCUT2D eigenvalue weighted by molar-refractivity contribution is -0.116. The van der Waals surface area contributed by atoms with Crippen LogP contribution in [0, 0.1) is 11.8 Å². The normalized spacial score (nSPS) is 25.4. The number of benzene rings is 1. The van der Waals surface area contributed by atoms with Crippen LogP contribution in [0.15, 0.2) is 47.6 Å². The van der Waals surface area contributed by atoms with Crippen LogP contribution in [0.2, 0.25) is 0 Å².